The fourth-order valence-corrected chi connectivity index (χ4v) is 4.82. The number of hydrogen-bond donors (Lipinski definition) is 3. The molecule has 2 aromatic carbocycles. The molecule has 1 aliphatic heterocycles. The number of aliphatic hydroxyl groups excluding tert-OH is 1. The van der Waals surface area contributed by atoms with Gasteiger partial charge < -0.3 is 26.0 Å². The van der Waals surface area contributed by atoms with Crippen LogP contribution in [0.2, 0.25) is 10.0 Å². The predicted molar refractivity (Wildman–Crippen MR) is 145 cm³/mol. The summed E-state index contributed by atoms with van der Waals surface area (Å²) in [5.74, 6) is -0.537. The fraction of sp³-hybridized carbons (Fsp3) is 0.407. The Labute approximate surface area is 222 Å². The lowest BCUT2D eigenvalue weighted by atomic mass is 9.95. The molecule has 2 unspecified atom stereocenters. The van der Waals surface area contributed by atoms with Gasteiger partial charge in [-0.1, -0.05) is 60.5 Å². The molecule has 3 rings (SSSR count). The second-order valence-corrected chi connectivity index (χ2v) is 9.85. The maximum absolute atomic E-state index is 13.5. The summed E-state index contributed by atoms with van der Waals surface area (Å²) in [5.41, 5.74) is 8.05. The van der Waals surface area contributed by atoms with Gasteiger partial charge >= 0.3 is 0 Å². The first-order chi connectivity index (χ1) is 17.2. The lowest BCUT2D eigenvalue weighted by molar-refractivity contribution is -0.136. The number of nitrogens with zero attached hydrogens (tertiary/aromatic N) is 2. The smallest absolute Gasteiger partial charge is 0.245 e. The van der Waals surface area contributed by atoms with E-state index in [-0.39, 0.29) is 37.1 Å². The van der Waals surface area contributed by atoms with Gasteiger partial charge in [-0.15, -0.1) is 6.58 Å². The number of carbonyl (C=O) groups is 2. The minimum Gasteiger partial charge on any atom is -0.388 e. The number of nitrogens with one attached hydrogen (secondary N) is 1. The molecule has 0 bridgehead atoms. The van der Waals surface area contributed by atoms with Crippen LogP contribution in [0.5, 0.6) is 0 Å². The van der Waals surface area contributed by atoms with Gasteiger partial charge in [0.25, 0.3) is 0 Å². The first kappa shape index (κ1) is 28.0. The van der Waals surface area contributed by atoms with Crippen molar-refractivity contribution in [2.45, 2.75) is 31.9 Å². The SMILES string of the molecule is C=CC(C)C(O)c1ccccc1N1CCN(C(=O)[C@@H](Cc2ccc(Cl)cc2Cl)NC(=O)CCN)CC1. The van der Waals surface area contributed by atoms with Crippen molar-refractivity contribution in [2.75, 3.05) is 37.6 Å². The molecule has 1 saturated heterocycles. The van der Waals surface area contributed by atoms with Crippen LogP contribution < -0.4 is 16.0 Å². The van der Waals surface area contributed by atoms with E-state index < -0.39 is 12.1 Å². The number of rotatable bonds is 10. The van der Waals surface area contributed by atoms with E-state index >= 15 is 0 Å². The highest BCUT2D eigenvalue weighted by Crippen LogP contribution is 2.32. The van der Waals surface area contributed by atoms with Gasteiger partial charge in [0.2, 0.25) is 11.8 Å². The topological polar surface area (TPSA) is 98.9 Å². The van der Waals surface area contributed by atoms with E-state index in [2.05, 4.69) is 16.8 Å². The van der Waals surface area contributed by atoms with Crippen LogP contribution in [0.3, 0.4) is 0 Å². The van der Waals surface area contributed by atoms with Gasteiger partial charge in [-0.05, 0) is 23.8 Å². The summed E-state index contributed by atoms with van der Waals surface area (Å²) >= 11 is 12.4. The largest absolute Gasteiger partial charge is 0.388 e. The number of carbonyl (C=O) groups excluding carboxylic acids is 2. The number of benzene rings is 2. The van der Waals surface area contributed by atoms with E-state index in [1.54, 1.807) is 29.2 Å². The number of amides is 2. The Balaban J connectivity index is 1.73. The van der Waals surface area contributed by atoms with Gasteiger partial charge in [0.05, 0.1) is 6.10 Å². The summed E-state index contributed by atoms with van der Waals surface area (Å²) in [4.78, 5) is 29.8. The minimum atomic E-state index is -0.767. The molecule has 0 aliphatic carbocycles. The van der Waals surface area contributed by atoms with Crippen LogP contribution in [0.4, 0.5) is 5.69 Å². The summed E-state index contributed by atoms with van der Waals surface area (Å²) < 4.78 is 0. The standard InChI is InChI=1S/C27H34Cl2N4O3/c1-3-18(2)26(35)21-6-4-5-7-24(21)32-12-14-33(15-13-32)27(36)23(31-25(34)10-11-30)16-19-8-9-20(28)17-22(19)29/h3-9,17-18,23,26,35H,1,10-16,30H2,2H3,(H,31,34)/t18?,23-,26?/m1/s1. The van der Waals surface area contributed by atoms with E-state index in [4.69, 9.17) is 28.9 Å². The lowest BCUT2D eigenvalue weighted by Crippen LogP contribution is -2.56. The van der Waals surface area contributed by atoms with Crippen molar-refractivity contribution in [1.82, 2.24) is 10.2 Å². The highest BCUT2D eigenvalue weighted by molar-refractivity contribution is 6.35. The predicted octanol–water partition coefficient (Wildman–Crippen LogP) is 3.57. The highest BCUT2D eigenvalue weighted by atomic mass is 35.5. The number of piperazine rings is 1. The third-order valence-electron chi connectivity index (χ3n) is 6.50. The monoisotopic (exact) mass is 532 g/mol. The Morgan fingerprint density at radius 1 is 1.17 bits per heavy atom. The summed E-state index contributed by atoms with van der Waals surface area (Å²) in [5, 5.41) is 14.6. The number of nitrogens with two attached hydrogens (primary N) is 1. The Morgan fingerprint density at radius 3 is 2.50 bits per heavy atom. The molecule has 0 radical (unpaired) electrons. The maximum atomic E-state index is 13.5. The average Bonchev–Trinajstić information content (AvgIpc) is 2.88. The number of aliphatic hydroxyl groups is 1. The summed E-state index contributed by atoms with van der Waals surface area (Å²) in [7, 11) is 0. The van der Waals surface area contributed by atoms with Crippen LogP contribution >= 0.6 is 23.2 Å². The number of hydrogen-bond acceptors (Lipinski definition) is 5. The second kappa shape index (κ2) is 13.1. The second-order valence-electron chi connectivity index (χ2n) is 9.01. The summed E-state index contributed by atoms with van der Waals surface area (Å²) in [6.45, 7) is 8.09. The Kier molecular flexibility index (Phi) is 10.2. The first-order valence-corrected chi connectivity index (χ1v) is 12.9. The van der Waals surface area contributed by atoms with Crippen molar-refractivity contribution < 1.29 is 14.7 Å². The zero-order valence-electron chi connectivity index (χ0n) is 20.5. The normalized spacial score (nSPS) is 16.2. The molecule has 0 spiro atoms. The van der Waals surface area contributed by atoms with Crippen LogP contribution in [0.25, 0.3) is 0 Å². The molecule has 7 nitrogen and oxygen atoms in total. The zero-order chi connectivity index (χ0) is 26.2. The fourth-order valence-electron chi connectivity index (χ4n) is 4.33. The molecule has 2 aromatic rings. The summed E-state index contributed by atoms with van der Waals surface area (Å²) in [6.07, 6.45) is 1.46. The third kappa shape index (κ3) is 7.01. The quantitative estimate of drug-likeness (QED) is 0.406. The highest BCUT2D eigenvalue weighted by Gasteiger charge is 2.30. The van der Waals surface area contributed by atoms with Gasteiger partial charge in [-0.3, -0.25) is 9.59 Å². The molecule has 2 amide bonds. The average molecular weight is 534 g/mol. The van der Waals surface area contributed by atoms with E-state index in [9.17, 15) is 14.7 Å². The van der Waals surface area contributed by atoms with Crippen molar-refractivity contribution >= 4 is 40.7 Å². The zero-order valence-corrected chi connectivity index (χ0v) is 22.0. The molecule has 4 N–H and O–H groups in total. The molecular formula is C27H34Cl2N4O3. The van der Waals surface area contributed by atoms with Crippen LogP contribution in [-0.4, -0.2) is 60.6 Å². The van der Waals surface area contributed by atoms with Crippen LogP contribution in [0.15, 0.2) is 55.1 Å². The Hall–Kier alpha value is -2.58. The van der Waals surface area contributed by atoms with E-state index in [1.165, 1.54) is 0 Å². The van der Waals surface area contributed by atoms with Crippen molar-refractivity contribution in [1.29, 1.82) is 0 Å². The van der Waals surface area contributed by atoms with Crippen LogP contribution in [-0.2, 0) is 16.0 Å². The van der Waals surface area contributed by atoms with Crippen LogP contribution in [0.1, 0.15) is 30.6 Å². The van der Waals surface area contributed by atoms with Crippen molar-refractivity contribution in [3.8, 4) is 0 Å². The molecule has 0 saturated carbocycles. The lowest BCUT2D eigenvalue weighted by Gasteiger charge is -2.39. The molecule has 0 aromatic heterocycles. The first-order valence-electron chi connectivity index (χ1n) is 12.1. The molecule has 1 heterocycles. The van der Waals surface area contributed by atoms with E-state index in [0.29, 0.717) is 36.2 Å². The van der Waals surface area contributed by atoms with Crippen LogP contribution in [0, 0.1) is 5.92 Å². The maximum Gasteiger partial charge on any atom is 0.245 e. The molecule has 194 valence electrons. The van der Waals surface area contributed by atoms with Crippen molar-refractivity contribution in [2.24, 2.45) is 11.7 Å². The number of halogens is 2. The van der Waals surface area contributed by atoms with E-state index in [0.717, 1.165) is 16.8 Å². The third-order valence-corrected chi connectivity index (χ3v) is 7.09. The molecule has 3 atom stereocenters. The van der Waals surface area contributed by atoms with Crippen molar-refractivity contribution in [3.05, 3.63) is 76.3 Å². The van der Waals surface area contributed by atoms with Gasteiger partial charge in [-0.25, -0.2) is 0 Å². The molecule has 1 fully saturated rings. The number of anilines is 1. The molecular weight excluding hydrogens is 499 g/mol. The van der Waals surface area contributed by atoms with Gasteiger partial charge in [0, 0.05) is 72.8 Å². The van der Waals surface area contributed by atoms with Gasteiger partial charge in [0.15, 0.2) is 0 Å². The molecule has 1 aliphatic rings. The molecule has 36 heavy (non-hydrogen) atoms. The Bertz CT molecular complexity index is 1070. The number of para-hydroxylation sites is 1. The van der Waals surface area contributed by atoms with Gasteiger partial charge in [0.1, 0.15) is 6.04 Å². The summed E-state index contributed by atoms with van der Waals surface area (Å²) in [6, 6.07) is 12.1. The van der Waals surface area contributed by atoms with Gasteiger partial charge in [-0.2, -0.15) is 0 Å². The molecule has 9 heteroatoms. The minimum absolute atomic E-state index is 0.0911. The van der Waals surface area contributed by atoms with Crippen molar-refractivity contribution in [3.63, 3.8) is 0 Å². The Morgan fingerprint density at radius 2 is 1.86 bits per heavy atom. The van der Waals surface area contributed by atoms with E-state index in [1.807, 2.05) is 31.2 Å².